The summed E-state index contributed by atoms with van der Waals surface area (Å²) >= 11 is 0. The Morgan fingerprint density at radius 2 is 2.15 bits per heavy atom. The van der Waals surface area contributed by atoms with Crippen molar-refractivity contribution >= 4 is 9.84 Å². The SMILES string of the molecule is CCCC1CS(=O)(=O)CCC(C)N1. The molecule has 2 unspecified atom stereocenters. The zero-order valence-electron chi connectivity index (χ0n) is 8.41. The highest BCUT2D eigenvalue weighted by Gasteiger charge is 2.24. The van der Waals surface area contributed by atoms with Gasteiger partial charge in [-0.2, -0.15) is 0 Å². The van der Waals surface area contributed by atoms with E-state index in [1.807, 2.05) is 0 Å². The van der Waals surface area contributed by atoms with Gasteiger partial charge in [-0.05, 0) is 19.8 Å². The van der Waals surface area contributed by atoms with Crippen LogP contribution in [0.25, 0.3) is 0 Å². The summed E-state index contributed by atoms with van der Waals surface area (Å²) < 4.78 is 22.9. The first kappa shape index (κ1) is 11.0. The van der Waals surface area contributed by atoms with Gasteiger partial charge in [-0.15, -0.1) is 0 Å². The normalized spacial score (nSPS) is 34.0. The first-order valence-electron chi connectivity index (χ1n) is 5.00. The van der Waals surface area contributed by atoms with Crippen molar-refractivity contribution in [3.8, 4) is 0 Å². The van der Waals surface area contributed by atoms with E-state index >= 15 is 0 Å². The molecule has 13 heavy (non-hydrogen) atoms. The molecule has 0 spiro atoms. The summed E-state index contributed by atoms with van der Waals surface area (Å²) in [5, 5.41) is 3.36. The Bertz CT molecular complexity index is 248. The molecule has 0 bridgehead atoms. The zero-order chi connectivity index (χ0) is 9.90. The average molecular weight is 205 g/mol. The van der Waals surface area contributed by atoms with Crippen molar-refractivity contribution in [3.05, 3.63) is 0 Å². The van der Waals surface area contributed by atoms with Gasteiger partial charge in [0.1, 0.15) is 0 Å². The lowest BCUT2D eigenvalue weighted by molar-refractivity contribution is 0.448. The van der Waals surface area contributed by atoms with Crippen LogP contribution < -0.4 is 5.32 Å². The van der Waals surface area contributed by atoms with Crippen molar-refractivity contribution in [2.45, 2.75) is 45.2 Å². The summed E-state index contributed by atoms with van der Waals surface area (Å²) in [6.45, 7) is 4.15. The van der Waals surface area contributed by atoms with E-state index in [0.29, 0.717) is 17.5 Å². The maximum atomic E-state index is 11.5. The summed E-state index contributed by atoms with van der Waals surface area (Å²) in [5.41, 5.74) is 0. The maximum Gasteiger partial charge on any atom is 0.151 e. The Hall–Kier alpha value is -0.0900. The molecule has 4 heteroatoms. The topological polar surface area (TPSA) is 46.2 Å². The van der Waals surface area contributed by atoms with Crippen molar-refractivity contribution in [1.82, 2.24) is 5.32 Å². The number of rotatable bonds is 2. The fourth-order valence-electron chi connectivity index (χ4n) is 1.80. The third-order valence-electron chi connectivity index (χ3n) is 2.47. The predicted octanol–water partition coefficient (Wildman–Crippen LogP) is 0.952. The molecule has 1 saturated heterocycles. The average Bonchev–Trinajstić information content (AvgIpc) is 2.11. The molecule has 0 radical (unpaired) electrons. The van der Waals surface area contributed by atoms with Crippen LogP contribution in [-0.2, 0) is 9.84 Å². The highest BCUT2D eigenvalue weighted by molar-refractivity contribution is 7.91. The van der Waals surface area contributed by atoms with Gasteiger partial charge in [-0.1, -0.05) is 13.3 Å². The Labute approximate surface area is 80.8 Å². The third-order valence-corrected chi connectivity index (χ3v) is 4.24. The van der Waals surface area contributed by atoms with Crippen LogP contribution >= 0.6 is 0 Å². The Kier molecular flexibility index (Phi) is 3.74. The quantitative estimate of drug-likeness (QED) is 0.730. The fraction of sp³-hybridized carbons (Fsp3) is 1.00. The molecule has 78 valence electrons. The van der Waals surface area contributed by atoms with Gasteiger partial charge in [0, 0.05) is 12.1 Å². The smallest absolute Gasteiger partial charge is 0.151 e. The van der Waals surface area contributed by atoms with E-state index in [1.54, 1.807) is 0 Å². The van der Waals surface area contributed by atoms with E-state index in [-0.39, 0.29) is 6.04 Å². The highest BCUT2D eigenvalue weighted by Crippen LogP contribution is 2.10. The van der Waals surface area contributed by atoms with E-state index < -0.39 is 9.84 Å². The Balaban J connectivity index is 2.63. The lowest BCUT2D eigenvalue weighted by Crippen LogP contribution is -2.37. The van der Waals surface area contributed by atoms with Crippen molar-refractivity contribution in [3.63, 3.8) is 0 Å². The lowest BCUT2D eigenvalue weighted by atomic mass is 10.1. The van der Waals surface area contributed by atoms with Gasteiger partial charge in [0.2, 0.25) is 0 Å². The second-order valence-electron chi connectivity index (χ2n) is 3.96. The molecule has 0 aromatic carbocycles. The van der Waals surface area contributed by atoms with Gasteiger partial charge in [-0.3, -0.25) is 0 Å². The minimum absolute atomic E-state index is 0.174. The molecule has 0 aromatic rings. The van der Waals surface area contributed by atoms with E-state index in [2.05, 4.69) is 19.2 Å². The minimum Gasteiger partial charge on any atom is -0.310 e. The molecule has 3 nitrogen and oxygen atoms in total. The first-order chi connectivity index (χ1) is 6.03. The first-order valence-corrected chi connectivity index (χ1v) is 6.82. The van der Waals surface area contributed by atoms with Crippen molar-refractivity contribution in [1.29, 1.82) is 0 Å². The summed E-state index contributed by atoms with van der Waals surface area (Å²) in [6, 6.07) is 0.515. The highest BCUT2D eigenvalue weighted by atomic mass is 32.2. The predicted molar refractivity (Wildman–Crippen MR) is 54.6 cm³/mol. The van der Waals surface area contributed by atoms with Gasteiger partial charge in [0.25, 0.3) is 0 Å². The van der Waals surface area contributed by atoms with Crippen LogP contribution in [0.2, 0.25) is 0 Å². The Morgan fingerprint density at radius 1 is 1.46 bits per heavy atom. The lowest BCUT2D eigenvalue weighted by Gasteiger charge is -2.17. The van der Waals surface area contributed by atoms with Crippen LogP contribution in [-0.4, -0.2) is 32.0 Å². The summed E-state index contributed by atoms with van der Waals surface area (Å²) in [6.07, 6.45) is 2.76. The Morgan fingerprint density at radius 3 is 2.77 bits per heavy atom. The third kappa shape index (κ3) is 3.65. The molecule has 1 aliphatic heterocycles. The minimum atomic E-state index is -2.79. The van der Waals surface area contributed by atoms with Gasteiger partial charge in [-0.25, -0.2) is 8.42 Å². The van der Waals surface area contributed by atoms with Crippen molar-refractivity contribution in [2.24, 2.45) is 0 Å². The van der Waals surface area contributed by atoms with Crippen LogP contribution in [0.5, 0.6) is 0 Å². The van der Waals surface area contributed by atoms with Crippen LogP contribution in [0.4, 0.5) is 0 Å². The molecular weight excluding hydrogens is 186 g/mol. The van der Waals surface area contributed by atoms with Crippen LogP contribution in [0.1, 0.15) is 33.1 Å². The van der Waals surface area contributed by atoms with E-state index in [9.17, 15) is 8.42 Å². The fourth-order valence-corrected chi connectivity index (χ4v) is 3.55. The molecule has 0 aromatic heterocycles. The molecule has 0 aliphatic carbocycles. The number of nitrogens with one attached hydrogen (secondary N) is 1. The molecule has 1 N–H and O–H groups in total. The summed E-state index contributed by atoms with van der Waals surface area (Å²) in [4.78, 5) is 0. The molecule has 0 saturated carbocycles. The molecule has 2 atom stereocenters. The molecule has 1 fully saturated rings. The van der Waals surface area contributed by atoms with E-state index in [4.69, 9.17) is 0 Å². The molecule has 1 aliphatic rings. The number of sulfone groups is 1. The van der Waals surface area contributed by atoms with Gasteiger partial charge >= 0.3 is 0 Å². The number of hydrogen-bond acceptors (Lipinski definition) is 3. The van der Waals surface area contributed by atoms with Crippen molar-refractivity contribution < 1.29 is 8.42 Å². The van der Waals surface area contributed by atoms with Crippen LogP contribution in [0.3, 0.4) is 0 Å². The standard InChI is InChI=1S/C9H19NO2S/c1-3-4-9-7-13(11,12)6-5-8(2)10-9/h8-10H,3-7H2,1-2H3. The van der Waals surface area contributed by atoms with Crippen LogP contribution in [0, 0.1) is 0 Å². The zero-order valence-corrected chi connectivity index (χ0v) is 9.23. The summed E-state index contributed by atoms with van der Waals surface area (Å²) in [5.74, 6) is 0.673. The molecule has 0 amide bonds. The largest absolute Gasteiger partial charge is 0.310 e. The maximum absolute atomic E-state index is 11.5. The van der Waals surface area contributed by atoms with E-state index in [0.717, 1.165) is 19.3 Å². The monoisotopic (exact) mass is 205 g/mol. The van der Waals surface area contributed by atoms with E-state index in [1.165, 1.54) is 0 Å². The molecule has 1 rings (SSSR count). The van der Waals surface area contributed by atoms with Gasteiger partial charge in [0.15, 0.2) is 9.84 Å². The van der Waals surface area contributed by atoms with Crippen molar-refractivity contribution in [2.75, 3.05) is 11.5 Å². The second-order valence-corrected chi connectivity index (χ2v) is 6.19. The second kappa shape index (κ2) is 4.42. The van der Waals surface area contributed by atoms with Gasteiger partial charge in [0.05, 0.1) is 11.5 Å². The van der Waals surface area contributed by atoms with Gasteiger partial charge < -0.3 is 5.32 Å². The summed E-state index contributed by atoms with van der Waals surface area (Å²) in [7, 11) is -2.79. The number of hydrogen-bond donors (Lipinski definition) is 1. The molecular formula is C9H19NO2S. The molecule has 1 heterocycles. The van der Waals surface area contributed by atoms with Crippen LogP contribution in [0.15, 0.2) is 0 Å².